The fourth-order valence-electron chi connectivity index (χ4n) is 1.66. The smallest absolute Gasteiger partial charge is 0.246 e. The number of sulfonamides is 1. The first kappa shape index (κ1) is 15.5. The zero-order valence-corrected chi connectivity index (χ0v) is 14.1. The third-order valence-corrected chi connectivity index (χ3v) is 5.67. The molecule has 2 aromatic heterocycles. The molecule has 0 saturated carbocycles. The van der Waals surface area contributed by atoms with E-state index in [9.17, 15) is 8.42 Å². The highest BCUT2D eigenvalue weighted by Crippen LogP contribution is 2.21. The number of nitrogens with two attached hydrogens (primary N) is 1. The minimum Gasteiger partial charge on any atom is -0.381 e. The Balaban J connectivity index is 2.13. The van der Waals surface area contributed by atoms with E-state index in [0.29, 0.717) is 6.54 Å². The van der Waals surface area contributed by atoms with Crippen molar-refractivity contribution in [2.24, 2.45) is 0 Å². The van der Waals surface area contributed by atoms with Crippen molar-refractivity contribution < 1.29 is 8.42 Å². The largest absolute Gasteiger partial charge is 0.381 e. The molecule has 0 unspecified atom stereocenters. The van der Waals surface area contributed by atoms with Crippen LogP contribution in [0, 0.1) is 0 Å². The van der Waals surface area contributed by atoms with Gasteiger partial charge in [-0.3, -0.25) is 4.68 Å². The van der Waals surface area contributed by atoms with Crippen molar-refractivity contribution in [3.8, 4) is 0 Å². The summed E-state index contributed by atoms with van der Waals surface area (Å²) >= 11 is 4.81. The molecule has 0 amide bonds. The summed E-state index contributed by atoms with van der Waals surface area (Å²) in [6.07, 6.45) is 2.32. The van der Waals surface area contributed by atoms with Gasteiger partial charge in [0, 0.05) is 34.0 Å². The molecule has 0 radical (unpaired) electrons. The van der Waals surface area contributed by atoms with E-state index < -0.39 is 10.0 Å². The Labute approximate surface area is 130 Å². The Kier molecular flexibility index (Phi) is 4.84. The summed E-state index contributed by atoms with van der Waals surface area (Å²) < 4.78 is 29.4. The molecule has 0 aliphatic heterocycles. The van der Waals surface area contributed by atoms with E-state index in [0.717, 1.165) is 15.8 Å². The van der Waals surface area contributed by atoms with Crippen LogP contribution in [0.15, 0.2) is 27.0 Å². The Bertz CT molecular complexity index is 693. The van der Waals surface area contributed by atoms with Gasteiger partial charge in [0.1, 0.15) is 4.90 Å². The van der Waals surface area contributed by atoms with Crippen molar-refractivity contribution in [2.45, 2.75) is 31.3 Å². The number of hydrogen-bond donors (Lipinski definition) is 2. The minimum atomic E-state index is -3.64. The summed E-state index contributed by atoms with van der Waals surface area (Å²) in [5.74, 6) is 0.0262. The maximum atomic E-state index is 12.2. The molecule has 2 heterocycles. The highest BCUT2D eigenvalue weighted by Gasteiger charge is 2.21. The van der Waals surface area contributed by atoms with E-state index in [1.165, 1.54) is 17.5 Å². The van der Waals surface area contributed by atoms with E-state index in [2.05, 4.69) is 25.8 Å². The second kappa shape index (κ2) is 6.25. The van der Waals surface area contributed by atoms with Gasteiger partial charge in [0.25, 0.3) is 0 Å². The van der Waals surface area contributed by atoms with Gasteiger partial charge in [0.2, 0.25) is 10.0 Å². The maximum Gasteiger partial charge on any atom is 0.246 e. The SMILES string of the molecule is CCCn1cc(S(=O)(=O)NCc2cc(Br)cs2)c(N)n1. The number of nitrogens with zero attached hydrogens (tertiary/aromatic N) is 2. The highest BCUT2D eigenvalue weighted by molar-refractivity contribution is 9.10. The quantitative estimate of drug-likeness (QED) is 0.805. The fourth-order valence-corrected chi connectivity index (χ4v) is 4.22. The van der Waals surface area contributed by atoms with Crippen LogP contribution in [0.1, 0.15) is 18.2 Å². The molecular formula is C11H15BrN4O2S2. The van der Waals surface area contributed by atoms with Gasteiger partial charge in [-0.15, -0.1) is 11.3 Å². The number of anilines is 1. The normalized spacial score (nSPS) is 11.9. The Morgan fingerprint density at radius 2 is 2.30 bits per heavy atom. The molecule has 0 spiro atoms. The fraction of sp³-hybridized carbons (Fsp3) is 0.364. The topological polar surface area (TPSA) is 90.0 Å². The summed E-state index contributed by atoms with van der Waals surface area (Å²) in [6.45, 7) is 2.85. The molecule has 0 bridgehead atoms. The van der Waals surface area contributed by atoms with Gasteiger partial charge in [0.15, 0.2) is 5.82 Å². The Morgan fingerprint density at radius 3 is 2.90 bits per heavy atom. The van der Waals surface area contributed by atoms with Gasteiger partial charge in [0.05, 0.1) is 0 Å². The summed E-state index contributed by atoms with van der Waals surface area (Å²) in [5, 5.41) is 5.90. The Hall–Kier alpha value is -0.900. The molecule has 20 heavy (non-hydrogen) atoms. The number of nitrogens with one attached hydrogen (secondary N) is 1. The number of thiophene rings is 1. The van der Waals surface area contributed by atoms with E-state index in [1.807, 2.05) is 18.4 Å². The molecule has 110 valence electrons. The number of rotatable bonds is 6. The van der Waals surface area contributed by atoms with E-state index in [1.54, 1.807) is 4.68 Å². The molecular weight excluding hydrogens is 364 g/mol. The lowest BCUT2D eigenvalue weighted by Crippen LogP contribution is -2.23. The summed E-state index contributed by atoms with van der Waals surface area (Å²) in [5.41, 5.74) is 5.67. The lowest BCUT2D eigenvalue weighted by Gasteiger charge is -2.03. The van der Waals surface area contributed by atoms with Gasteiger partial charge in [-0.1, -0.05) is 6.92 Å². The number of aryl methyl sites for hydroxylation is 1. The standard InChI is InChI=1S/C11H15BrN4O2S2/c1-2-3-16-6-10(11(13)15-16)20(17,18)14-5-9-4-8(12)7-19-9/h4,6-7,14H,2-3,5H2,1H3,(H2,13,15). The van der Waals surface area contributed by atoms with Crippen molar-refractivity contribution in [3.05, 3.63) is 27.0 Å². The zero-order valence-electron chi connectivity index (χ0n) is 10.8. The lowest BCUT2D eigenvalue weighted by molar-refractivity contribution is 0.579. The van der Waals surface area contributed by atoms with Crippen LogP contribution in [0.25, 0.3) is 0 Å². The molecule has 2 aromatic rings. The van der Waals surface area contributed by atoms with E-state index in [-0.39, 0.29) is 17.3 Å². The van der Waals surface area contributed by atoms with Gasteiger partial charge in [-0.05, 0) is 28.4 Å². The molecule has 9 heteroatoms. The second-order valence-electron chi connectivity index (χ2n) is 4.20. The zero-order chi connectivity index (χ0) is 14.8. The monoisotopic (exact) mass is 378 g/mol. The van der Waals surface area contributed by atoms with Crippen molar-refractivity contribution in [1.29, 1.82) is 0 Å². The van der Waals surface area contributed by atoms with Crippen LogP contribution in [0.3, 0.4) is 0 Å². The van der Waals surface area contributed by atoms with Gasteiger partial charge < -0.3 is 5.73 Å². The molecule has 0 fully saturated rings. The van der Waals surface area contributed by atoms with E-state index in [4.69, 9.17) is 5.73 Å². The molecule has 0 aliphatic carbocycles. The van der Waals surface area contributed by atoms with Crippen LogP contribution in [0.4, 0.5) is 5.82 Å². The third kappa shape index (κ3) is 3.60. The summed E-state index contributed by atoms with van der Waals surface area (Å²) in [4.78, 5) is 0.946. The predicted molar refractivity (Wildman–Crippen MR) is 83.0 cm³/mol. The minimum absolute atomic E-state index is 0.0262. The van der Waals surface area contributed by atoms with Gasteiger partial charge in [-0.2, -0.15) is 5.10 Å². The molecule has 0 saturated heterocycles. The number of hydrogen-bond acceptors (Lipinski definition) is 5. The van der Waals surface area contributed by atoms with Crippen molar-refractivity contribution in [3.63, 3.8) is 0 Å². The third-order valence-electron chi connectivity index (χ3n) is 2.56. The van der Waals surface area contributed by atoms with Crippen LogP contribution in [0.2, 0.25) is 0 Å². The van der Waals surface area contributed by atoms with Crippen LogP contribution >= 0.6 is 27.3 Å². The predicted octanol–water partition coefficient (Wildman–Crippen LogP) is 2.18. The van der Waals surface area contributed by atoms with Crippen LogP contribution in [-0.4, -0.2) is 18.2 Å². The first-order valence-corrected chi connectivity index (χ1v) is 9.13. The van der Waals surface area contributed by atoms with Crippen LogP contribution in [-0.2, 0) is 23.1 Å². The van der Waals surface area contributed by atoms with Crippen molar-refractivity contribution >= 4 is 43.1 Å². The average Bonchev–Trinajstić information content (AvgIpc) is 2.94. The molecule has 0 atom stereocenters. The van der Waals surface area contributed by atoms with Crippen LogP contribution < -0.4 is 10.5 Å². The molecule has 0 aromatic carbocycles. The summed E-state index contributed by atoms with van der Waals surface area (Å²) in [7, 11) is -3.64. The maximum absolute atomic E-state index is 12.2. The number of nitrogen functional groups attached to an aromatic ring is 1. The number of halogens is 1. The Morgan fingerprint density at radius 1 is 1.55 bits per heavy atom. The van der Waals surface area contributed by atoms with Crippen LogP contribution in [0.5, 0.6) is 0 Å². The lowest BCUT2D eigenvalue weighted by atomic mass is 10.5. The molecule has 3 N–H and O–H groups in total. The van der Waals surface area contributed by atoms with Gasteiger partial charge >= 0.3 is 0 Å². The second-order valence-corrected chi connectivity index (χ2v) is 7.84. The summed E-state index contributed by atoms with van der Waals surface area (Å²) in [6, 6.07) is 1.87. The first-order chi connectivity index (χ1) is 9.42. The molecule has 0 aliphatic rings. The average molecular weight is 379 g/mol. The van der Waals surface area contributed by atoms with E-state index >= 15 is 0 Å². The van der Waals surface area contributed by atoms with Crippen molar-refractivity contribution in [2.75, 3.05) is 5.73 Å². The molecule has 2 rings (SSSR count). The molecule has 6 nitrogen and oxygen atoms in total. The highest BCUT2D eigenvalue weighted by atomic mass is 79.9. The number of aromatic nitrogens is 2. The first-order valence-electron chi connectivity index (χ1n) is 5.98. The van der Waals surface area contributed by atoms with Crippen molar-refractivity contribution in [1.82, 2.24) is 14.5 Å². The van der Waals surface area contributed by atoms with Gasteiger partial charge in [-0.25, -0.2) is 13.1 Å².